The van der Waals surface area contributed by atoms with E-state index >= 15 is 0 Å². The van der Waals surface area contributed by atoms with Gasteiger partial charge in [-0.05, 0) is 37.0 Å². The summed E-state index contributed by atoms with van der Waals surface area (Å²) in [5, 5.41) is 12.4. The summed E-state index contributed by atoms with van der Waals surface area (Å²) in [4.78, 5) is 14.1. The van der Waals surface area contributed by atoms with Crippen LogP contribution in [0.25, 0.3) is 0 Å². The molecule has 20 heavy (non-hydrogen) atoms. The molecule has 0 aromatic rings. The molecule has 0 bridgehead atoms. The van der Waals surface area contributed by atoms with E-state index in [9.17, 15) is 9.90 Å². The lowest BCUT2D eigenvalue weighted by Crippen LogP contribution is -2.48. The van der Waals surface area contributed by atoms with E-state index in [1.165, 1.54) is 38.5 Å². The van der Waals surface area contributed by atoms with Crippen LogP contribution in [0, 0.1) is 11.3 Å². The molecule has 1 aliphatic heterocycles. The molecule has 4 heteroatoms. The van der Waals surface area contributed by atoms with Crippen molar-refractivity contribution in [2.75, 3.05) is 26.2 Å². The maximum absolute atomic E-state index is 12.3. The van der Waals surface area contributed by atoms with Crippen molar-refractivity contribution in [3.63, 3.8) is 0 Å². The number of aliphatic hydroxyl groups excluding tert-OH is 1. The van der Waals surface area contributed by atoms with Crippen molar-refractivity contribution in [3.05, 3.63) is 0 Å². The van der Waals surface area contributed by atoms with Crippen molar-refractivity contribution in [2.45, 2.75) is 58.3 Å². The predicted octanol–water partition coefficient (Wildman–Crippen LogP) is 2.76. The predicted molar refractivity (Wildman–Crippen MR) is 80.6 cm³/mol. The van der Waals surface area contributed by atoms with Gasteiger partial charge in [-0.1, -0.05) is 32.6 Å². The normalized spacial score (nSPS) is 26.9. The number of hydrogen-bond acceptors (Lipinski definition) is 2. The average molecular weight is 282 g/mol. The molecule has 1 saturated heterocycles. The van der Waals surface area contributed by atoms with Crippen LogP contribution in [0.15, 0.2) is 0 Å². The standard InChI is InChI=1S/C16H30N2O2/c1-16(8-4-2-3-5-9-16)13-17-15(20)18-10-6-7-14(11-18)12-19/h14,19H,2-13H2,1H3,(H,17,20). The number of carbonyl (C=O) groups is 1. The minimum Gasteiger partial charge on any atom is -0.396 e. The van der Waals surface area contributed by atoms with Crippen molar-refractivity contribution < 1.29 is 9.90 Å². The second kappa shape index (κ2) is 7.30. The fourth-order valence-electron chi connectivity index (χ4n) is 3.56. The lowest BCUT2D eigenvalue weighted by molar-refractivity contribution is 0.126. The number of carbonyl (C=O) groups excluding carboxylic acids is 1. The average Bonchev–Trinajstić information content (AvgIpc) is 2.70. The highest BCUT2D eigenvalue weighted by molar-refractivity contribution is 5.74. The van der Waals surface area contributed by atoms with Gasteiger partial charge in [0.15, 0.2) is 0 Å². The van der Waals surface area contributed by atoms with Crippen LogP contribution < -0.4 is 5.32 Å². The van der Waals surface area contributed by atoms with Gasteiger partial charge in [-0.3, -0.25) is 0 Å². The SMILES string of the molecule is CC1(CNC(=O)N2CCCC(CO)C2)CCCCCC1. The van der Waals surface area contributed by atoms with Crippen molar-refractivity contribution in [1.29, 1.82) is 0 Å². The van der Waals surface area contributed by atoms with E-state index in [0.29, 0.717) is 6.54 Å². The van der Waals surface area contributed by atoms with Gasteiger partial charge in [0.1, 0.15) is 0 Å². The van der Waals surface area contributed by atoms with Gasteiger partial charge in [-0.2, -0.15) is 0 Å². The van der Waals surface area contributed by atoms with Gasteiger partial charge in [0.2, 0.25) is 0 Å². The summed E-state index contributed by atoms with van der Waals surface area (Å²) in [6.07, 6.45) is 9.78. The summed E-state index contributed by atoms with van der Waals surface area (Å²) in [7, 11) is 0. The number of nitrogens with one attached hydrogen (secondary N) is 1. The van der Waals surface area contributed by atoms with E-state index in [2.05, 4.69) is 12.2 Å². The Labute approximate surface area is 122 Å². The van der Waals surface area contributed by atoms with Crippen molar-refractivity contribution in [1.82, 2.24) is 10.2 Å². The maximum atomic E-state index is 12.3. The van der Waals surface area contributed by atoms with Gasteiger partial charge in [0.05, 0.1) is 0 Å². The first-order valence-corrected chi connectivity index (χ1v) is 8.27. The highest BCUT2D eigenvalue weighted by atomic mass is 16.3. The molecular formula is C16H30N2O2. The Morgan fingerprint density at radius 1 is 1.25 bits per heavy atom. The van der Waals surface area contributed by atoms with Gasteiger partial charge >= 0.3 is 6.03 Å². The monoisotopic (exact) mass is 282 g/mol. The Morgan fingerprint density at radius 3 is 2.60 bits per heavy atom. The molecule has 1 unspecified atom stereocenters. The molecule has 1 saturated carbocycles. The summed E-state index contributed by atoms with van der Waals surface area (Å²) in [6, 6.07) is 0.0635. The molecule has 2 rings (SSSR count). The van der Waals surface area contributed by atoms with Crippen LogP contribution in [0.4, 0.5) is 4.79 Å². The second-order valence-electron chi connectivity index (χ2n) is 7.02. The Kier molecular flexibility index (Phi) is 5.70. The van der Waals surface area contributed by atoms with Crippen LogP contribution in [-0.2, 0) is 0 Å². The summed E-state index contributed by atoms with van der Waals surface area (Å²) in [5.74, 6) is 0.267. The van der Waals surface area contributed by atoms with Crippen molar-refractivity contribution in [3.8, 4) is 0 Å². The number of likely N-dealkylation sites (tertiary alicyclic amines) is 1. The minimum absolute atomic E-state index is 0.0635. The molecule has 1 aliphatic carbocycles. The van der Waals surface area contributed by atoms with Crippen LogP contribution in [0.1, 0.15) is 58.3 Å². The lowest BCUT2D eigenvalue weighted by Gasteiger charge is -2.34. The Bertz CT molecular complexity index is 312. The summed E-state index contributed by atoms with van der Waals surface area (Å²) < 4.78 is 0. The van der Waals surface area contributed by atoms with Crippen LogP contribution in [-0.4, -0.2) is 42.3 Å². The quantitative estimate of drug-likeness (QED) is 0.782. The highest BCUT2D eigenvalue weighted by Gasteiger charge is 2.28. The molecule has 2 N–H and O–H groups in total. The summed E-state index contributed by atoms with van der Waals surface area (Å²) in [6.45, 7) is 4.84. The topological polar surface area (TPSA) is 52.6 Å². The molecule has 0 spiro atoms. The molecule has 0 aromatic carbocycles. The fraction of sp³-hybridized carbons (Fsp3) is 0.938. The van der Waals surface area contributed by atoms with Crippen LogP contribution in [0.2, 0.25) is 0 Å². The van der Waals surface area contributed by atoms with E-state index < -0.39 is 0 Å². The first-order chi connectivity index (χ1) is 9.63. The van der Waals surface area contributed by atoms with E-state index in [0.717, 1.165) is 25.9 Å². The number of aliphatic hydroxyl groups is 1. The Balaban J connectivity index is 1.78. The zero-order chi connectivity index (χ0) is 14.4. The van der Waals surface area contributed by atoms with Gasteiger partial charge in [-0.15, -0.1) is 0 Å². The molecule has 116 valence electrons. The number of amides is 2. The number of rotatable bonds is 3. The number of nitrogens with zero attached hydrogens (tertiary/aromatic N) is 1. The lowest BCUT2D eigenvalue weighted by atomic mass is 9.82. The van der Waals surface area contributed by atoms with Gasteiger partial charge in [-0.25, -0.2) is 4.79 Å². The molecule has 2 aliphatic rings. The second-order valence-corrected chi connectivity index (χ2v) is 7.02. The third-order valence-electron chi connectivity index (χ3n) is 5.04. The maximum Gasteiger partial charge on any atom is 0.317 e. The first-order valence-electron chi connectivity index (χ1n) is 8.27. The van der Waals surface area contributed by atoms with E-state index in [-0.39, 0.29) is 24.0 Å². The zero-order valence-corrected chi connectivity index (χ0v) is 12.9. The Hall–Kier alpha value is -0.770. The molecule has 1 heterocycles. The van der Waals surface area contributed by atoms with Crippen molar-refractivity contribution >= 4 is 6.03 Å². The number of hydrogen-bond donors (Lipinski definition) is 2. The van der Waals surface area contributed by atoms with Crippen LogP contribution in [0.5, 0.6) is 0 Å². The van der Waals surface area contributed by atoms with Gasteiger partial charge < -0.3 is 15.3 Å². The fourth-order valence-corrected chi connectivity index (χ4v) is 3.56. The van der Waals surface area contributed by atoms with E-state index in [4.69, 9.17) is 0 Å². The third-order valence-corrected chi connectivity index (χ3v) is 5.04. The molecule has 0 aromatic heterocycles. The van der Waals surface area contributed by atoms with Gasteiger partial charge in [0.25, 0.3) is 0 Å². The van der Waals surface area contributed by atoms with E-state index in [1.807, 2.05) is 4.90 Å². The number of piperidine rings is 1. The third kappa shape index (κ3) is 4.37. The highest BCUT2D eigenvalue weighted by Crippen LogP contribution is 2.33. The van der Waals surface area contributed by atoms with E-state index in [1.54, 1.807) is 0 Å². The summed E-state index contributed by atoms with van der Waals surface area (Å²) in [5.41, 5.74) is 0.276. The number of urea groups is 1. The van der Waals surface area contributed by atoms with Crippen LogP contribution in [0.3, 0.4) is 0 Å². The molecular weight excluding hydrogens is 252 g/mol. The zero-order valence-electron chi connectivity index (χ0n) is 12.9. The van der Waals surface area contributed by atoms with Crippen LogP contribution >= 0.6 is 0 Å². The largest absolute Gasteiger partial charge is 0.396 e. The molecule has 2 fully saturated rings. The smallest absolute Gasteiger partial charge is 0.317 e. The van der Waals surface area contributed by atoms with Gasteiger partial charge in [0, 0.05) is 26.2 Å². The molecule has 0 radical (unpaired) electrons. The summed E-state index contributed by atoms with van der Waals surface area (Å²) >= 11 is 0. The molecule has 2 amide bonds. The Morgan fingerprint density at radius 2 is 1.95 bits per heavy atom. The first kappa shape index (κ1) is 15.6. The molecule has 4 nitrogen and oxygen atoms in total. The molecule has 1 atom stereocenters. The minimum atomic E-state index is 0.0635. The van der Waals surface area contributed by atoms with Crippen molar-refractivity contribution in [2.24, 2.45) is 11.3 Å².